The molecule has 92 valence electrons. The van der Waals surface area contributed by atoms with Gasteiger partial charge < -0.3 is 15.8 Å². The molecule has 0 aromatic heterocycles. The van der Waals surface area contributed by atoms with E-state index in [2.05, 4.69) is 19.2 Å². The number of hydrogen-bond donors (Lipinski definition) is 2. The SMILES string of the molecule is CCC(CC)CNC(CCCN)COC. The van der Waals surface area contributed by atoms with Gasteiger partial charge in [-0.05, 0) is 31.8 Å². The van der Waals surface area contributed by atoms with Gasteiger partial charge in [0.25, 0.3) is 0 Å². The molecule has 0 aliphatic carbocycles. The lowest BCUT2D eigenvalue weighted by Crippen LogP contribution is -2.36. The van der Waals surface area contributed by atoms with E-state index in [0.717, 1.165) is 38.5 Å². The first-order chi connectivity index (χ1) is 7.28. The molecule has 3 nitrogen and oxygen atoms in total. The lowest BCUT2D eigenvalue weighted by molar-refractivity contribution is 0.158. The van der Waals surface area contributed by atoms with Crippen molar-refractivity contribution in [1.29, 1.82) is 0 Å². The Morgan fingerprint density at radius 2 is 1.93 bits per heavy atom. The van der Waals surface area contributed by atoms with Crippen LogP contribution >= 0.6 is 0 Å². The van der Waals surface area contributed by atoms with Gasteiger partial charge in [0.05, 0.1) is 6.61 Å². The highest BCUT2D eigenvalue weighted by Gasteiger charge is 2.09. The van der Waals surface area contributed by atoms with Crippen LogP contribution in [-0.4, -0.2) is 32.8 Å². The van der Waals surface area contributed by atoms with E-state index in [4.69, 9.17) is 10.5 Å². The third-order valence-corrected chi connectivity index (χ3v) is 2.97. The molecule has 0 bridgehead atoms. The summed E-state index contributed by atoms with van der Waals surface area (Å²) < 4.78 is 5.20. The molecular formula is C12H28N2O. The highest BCUT2D eigenvalue weighted by atomic mass is 16.5. The summed E-state index contributed by atoms with van der Waals surface area (Å²) in [5, 5.41) is 3.58. The van der Waals surface area contributed by atoms with Gasteiger partial charge in [0.15, 0.2) is 0 Å². The van der Waals surface area contributed by atoms with Crippen LogP contribution in [0.5, 0.6) is 0 Å². The van der Waals surface area contributed by atoms with Crippen LogP contribution in [0.15, 0.2) is 0 Å². The topological polar surface area (TPSA) is 47.3 Å². The largest absolute Gasteiger partial charge is 0.383 e. The highest BCUT2D eigenvalue weighted by Crippen LogP contribution is 2.06. The van der Waals surface area contributed by atoms with Crippen LogP contribution in [-0.2, 0) is 4.74 Å². The highest BCUT2D eigenvalue weighted by molar-refractivity contribution is 4.69. The predicted molar refractivity (Wildman–Crippen MR) is 66.0 cm³/mol. The molecular weight excluding hydrogens is 188 g/mol. The zero-order valence-electron chi connectivity index (χ0n) is 10.6. The maximum Gasteiger partial charge on any atom is 0.0615 e. The van der Waals surface area contributed by atoms with Gasteiger partial charge in [-0.1, -0.05) is 26.7 Å². The third-order valence-electron chi connectivity index (χ3n) is 2.97. The van der Waals surface area contributed by atoms with E-state index in [0.29, 0.717) is 6.04 Å². The molecule has 0 aromatic carbocycles. The molecule has 3 heteroatoms. The minimum Gasteiger partial charge on any atom is -0.383 e. The van der Waals surface area contributed by atoms with Crippen molar-refractivity contribution in [2.75, 3.05) is 26.8 Å². The molecule has 0 amide bonds. The molecule has 0 rings (SSSR count). The molecule has 0 saturated heterocycles. The van der Waals surface area contributed by atoms with Crippen LogP contribution in [0.4, 0.5) is 0 Å². The Morgan fingerprint density at radius 3 is 2.40 bits per heavy atom. The predicted octanol–water partition coefficient (Wildman–Crippen LogP) is 1.77. The smallest absolute Gasteiger partial charge is 0.0615 e. The summed E-state index contributed by atoms with van der Waals surface area (Å²) in [6.07, 6.45) is 4.69. The fourth-order valence-electron chi connectivity index (χ4n) is 1.72. The Bertz CT molecular complexity index is 127. The first-order valence-electron chi connectivity index (χ1n) is 6.20. The molecule has 3 N–H and O–H groups in total. The van der Waals surface area contributed by atoms with Crippen LogP contribution in [0.3, 0.4) is 0 Å². The number of methoxy groups -OCH3 is 1. The second-order valence-electron chi connectivity index (χ2n) is 4.17. The summed E-state index contributed by atoms with van der Waals surface area (Å²) in [5.74, 6) is 0.794. The van der Waals surface area contributed by atoms with E-state index < -0.39 is 0 Å². The van der Waals surface area contributed by atoms with Gasteiger partial charge in [-0.15, -0.1) is 0 Å². The summed E-state index contributed by atoms with van der Waals surface area (Å²) >= 11 is 0. The Morgan fingerprint density at radius 1 is 1.27 bits per heavy atom. The van der Waals surface area contributed by atoms with E-state index in [9.17, 15) is 0 Å². The lowest BCUT2D eigenvalue weighted by atomic mass is 10.0. The second kappa shape index (κ2) is 10.4. The first-order valence-corrected chi connectivity index (χ1v) is 6.20. The van der Waals surface area contributed by atoms with Crippen LogP contribution in [0, 0.1) is 5.92 Å². The molecule has 0 aromatic rings. The fraction of sp³-hybridized carbons (Fsp3) is 1.00. The van der Waals surface area contributed by atoms with E-state index in [1.54, 1.807) is 7.11 Å². The average molecular weight is 216 g/mol. The number of hydrogen-bond acceptors (Lipinski definition) is 3. The summed E-state index contributed by atoms with van der Waals surface area (Å²) in [7, 11) is 1.76. The molecule has 0 heterocycles. The number of nitrogens with two attached hydrogens (primary N) is 1. The van der Waals surface area contributed by atoms with Crippen LogP contribution in [0.25, 0.3) is 0 Å². The monoisotopic (exact) mass is 216 g/mol. The third kappa shape index (κ3) is 7.77. The van der Waals surface area contributed by atoms with Gasteiger partial charge >= 0.3 is 0 Å². The van der Waals surface area contributed by atoms with Crippen molar-refractivity contribution in [3.8, 4) is 0 Å². The Hall–Kier alpha value is -0.120. The lowest BCUT2D eigenvalue weighted by Gasteiger charge is -2.21. The van der Waals surface area contributed by atoms with Gasteiger partial charge in [-0.3, -0.25) is 0 Å². The number of ether oxygens (including phenoxy) is 1. The minimum absolute atomic E-state index is 0.471. The first kappa shape index (κ1) is 14.9. The summed E-state index contributed by atoms with van der Waals surface area (Å²) in [4.78, 5) is 0. The standard InChI is InChI=1S/C12H28N2O/c1-4-11(5-2)9-14-12(10-15-3)7-6-8-13/h11-12,14H,4-10,13H2,1-3H3. The van der Waals surface area contributed by atoms with Gasteiger partial charge in [0.2, 0.25) is 0 Å². The van der Waals surface area contributed by atoms with Crippen molar-refractivity contribution in [2.24, 2.45) is 11.7 Å². The van der Waals surface area contributed by atoms with Gasteiger partial charge in [0, 0.05) is 13.2 Å². The molecule has 0 saturated carbocycles. The van der Waals surface area contributed by atoms with Crippen LogP contribution in [0.1, 0.15) is 39.5 Å². The summed E-state index contributed by atoms with van der Waals surface area (Å²) in [6, 6.07) is 0.471. The van der Waals surface area contributed by atoms with Crippen molar-refractivity contribution < 1.29 is 4.74 Å². The molecule has 1 unspecified atom stereocenters. The van der Waals surface area contributed by atoms with Crippen LogP contribution in [0.2, 0.25) is 0 Å². The van der Waals surface area contributed by atoms with E-state index in [1.165, 1.54) is 12.8 Å². The maximum absolute atomic E-state index is 5.51. The van der Waals surface area contributed by atoms with Crippen LogP contribution < -0.4 is 11.1 Å². The fourth-order valence-corrected chi connectivity index (χ4v) is 1.72. The Balaban J connectivity index is 3.72. The van der Waals surface area contributed by atoms with Crippen molar-refractivity contribution in [2.45, 2.75) is 45.6 Å². The summed E-state index contributed by atoms with van der Waals surface area (Å²) in [6.45, 7) is 7.17. The van der Waals surface area contributed by atoms with E-state index in [-0.39, 0.29) is 0 Å². The van der Waals surface area contributed by atoms with Crippen molar-refractivity contribution >= 4 is 0 Å². The van der Waals surface area contributed by atoms with Crippen molar-refractivity contribution in [3.05, 3.63) is 0 Å². The molecule has 0 spiro atoms. The molecule has 0 radical (unpaired) electrons. The van der Waals surface area contributed by atoms with Crippen molar-refractivity contribution in [3.63, 3.8) is 0 Å². The minimum atomic E-state index is 0.471. The Kier molecular flexibility index (Phi) is 10.3. The zero-order chi connectivity index (χ0) is 11.5. The summed E-state index contributed by atoms with van der Waals surface area (Å²) in [5.41, 5.74) is 5.51. The maximum atomic E-state index is 5.51. The van der Waals surface area contributed by atoms with Crippen molar-refractivity contribution in [1.82, 2.24) is 5.32 Å². The average Bonchev–Trinajstić information content (AvgIpc) is 2.27. The van der Waals surface area contributed by atoms with Gasteiger partial charge in [-0.2, -0.15) is 0 Å². The quantitative estimate of drug-likeness (QED) is 0.585. The normalized spacial score (nSPS) is 13.4. The molecule has 15 heavy (non-hydrogen) atoms. The number of rotatable bonds is 10. The van der Waals surface area contributed by atoms with E-state index >= 15 is 0 Å². The van der Waals surface area contributed by atoms with E-state index in [1.807, 2.05) is 0 Å². The zero-order valence-corrected chi connectivity index (χ0v) is 10.6. The van der Waals surface area contributed by atoms with Gasteiger partial charge in [-0.25, -0.2) is 0 Å². The molecule has 0 aliphatic heterocycles. The molecule has 1 atom stereocenters. The Labute approximate surface area is 94.8 Å². The molecule has 0 fully saturated rings. The van der Waals surface area contributed by atoms with Gasteiger partial charge in [0.1, 0.15) is 0 Å². The number of nitrogens with one attached hydrogen (secondary N) is 1. The second-order valence-corrected chi connectivity index (χ2v) is 4.17. The molecule has 0 aliphatic rings.